The van der Waals surface area contributed by atoms with E-state index in [1.54, 1.807) is 47.4 Å². The summed E-state index contributed by atoms with van der Waals surface area (Å²) in [4.78, 5) is 14.9. The molecule has 1 aliphatic heterocycles. The molecule has 32 heavy (non-hydrogen) atoms. The van der Waals surface area contributed by atoms with Crippen LogP contribution in [0.5, 0.6) is 0 Å². The van der Waals surface area contributed by atoms with Gasteiger partial charge in [0.25, 0.3) is 10.0 Å². The Morgan fingerprint density at radius 2 is 1.84 bits per heavy atom. The number of carbonyl (C=O) groups is 1. The van der Waals surface area contributed by atoms with Crippen LogP contribution in [0.2, 0.25) is 0 Å². The van der Waals surface area contributed by atoms with Crippen LogP contribution in [0.25, 0.3) is 0 Å². The molecule has 0 atom stereocenters. The molecule has 7 heteroatoms. The fourth-order valence-electron chi connectivity index (χ4n) is 3.92. The molecule has 0 spiro atoms. The van der Waals surface area contributed by atoms with E-state index in [2.05, 4.69) is 10.8 Å². The summed E-state index contributed by atoms with van der Waals surface area (Å²) in [5.74, 6) is 0.0194. The van der Waals surface area contributed by atoms with Crippen molar-refractivity contribution in [2.75, 3.05) is 16.2 Å². The highest BCUT2D eigenvalue weighted by atomic mass is 32.2. The minimum absolute atomic E-state index is 0.0194. The van der Waals surface area contributed by atoms with Crippen molar-refractivity contribution in [1.82, 2.24) is 0 Å². The van der Waals surface area contributed by atoms with Crippen molar-refractivity contribution in [1.29, 1.82) is 5.26 Å². The lowest BCUT2D eigenvalue weighted by atomic mass is 10.00. The summed E-state index contributed by atoms with van der Waals surface area (Å²) in [6.07, 6.45) is 2.51. The Hall–Kier alpha value is -3.63. The van der Waals surface area contributed by atoms with Crippen LogP contribution in [0.3, 0.4) is 0 Å². The summed E-state index contributed by atoms with van der Waals surface area (Å²) in [5.41, 5.74) is 3.80. The third-order valence-corrected chi connectivity index (χ3v) is 6.89. The predicted molar refractivity (Wildman–Crippen MR) is 124 cm³/mol. The number of nitrogens with one attached hydrogen (secondary N) is 1. The van der Waals surface area contributed by atoms with Crippen LogP contribution in [0.15, 0.2) is 77.7 Å². The molecule has 4 rings (SSSR count). The van der Waals surface area contributed by atoms with Gasteiger partial charge >= 0.3 is 0 Å². The number of carbonyl (C=O) groups excluding carboxylic acids is 1. The van der Waals surface area contributed by atoms with Gasteiger partial charge in [0.1, 0.15) is 0 Å². The van der Waals surface area contributed by atoms with Crippen LogP contribution in [-0.2, 0) is 27.7 Å². The van der Waals surface area contributed by atoms with Crippen LogP contribution in [0.1, 0.15) is 29.5 Å². The smallest absolute Gasteiger partial charge is 0.261 e. The molecule has 3 aromatic rings. The molecule has 0 unspecified atom stereocenters. The first kappa shape index (κ1) is 21.6. The molecule has 3 aromatic carbocycles. The van der Waals surface area contributed by atoms with Crippen LogP contribution in [0.4, 0.5) is 11.4 Å². The number of benzene rings is 3. The zero-order valence-corrected chi connectivity index (χ0v) is 18.3. The van der Waals surface area contributed by atoms with Crippen molar-refractivity contribution in [2.45, 2.75) is 30.6 Å². The van der Waals surface area contributed by atoms with Gasteiger partial charge < -0.3 is 4.90 Å². The van der Waals surface area contributed by atoms with Gasteiger partial charge in [-0.3, -0.25) is 9.52 Å². The highest BCUT2D eigenvalue weighted by Crippen LogP contribution is 2.31. The first-order chi connectivity index (χ1) is 15.5. The van der Waals surface area contributed by atoms with Crippen LogP contribution in [0, 0.1) is 11.3 Å². The third-order valence-electron chi connectivity index (χ3n) is 5.49. The number of amides is 1. The van der Waals surface area contributed by atoms with Gasteiger partial charge in [-0.1, -0.05) is 30.3 Å². The molecule has 1 amide bonds. The maximum atomic E-state index is 12.9. The zero-order chi connectivity index (χ0) is 22.6. The number of sulfonamides is 1. The highest BCUT2D eigenvalue weighted by Gasteiger charge is 2.23. The van der Waals surface area contributed by atoms with E-state index in [0.29, 0.717) is 30.6 Å². The second-order valence-electron chi connectivity index (χ2n) is 7.72. The van der Waals surface area contributed by atoms with Crippen molar-refractivity contribution >= 4 is 27.3 Å². The van der Waals surface area contributed by atoms with E-state index in [1.807, 2.05) is 30.3 Å². The molecule has 1 heterocycles. The molecular weight excluding hydrogens is 422 g/mol. The molecule has 0 saturated carbocycles. The molecule has 0 saturated heterocycles. The largest absolute Gasteiger partial charge is 0.312 e. The van der Waals surface area contributed by atoms with E-state index in [-0.39, 0.29) is 10.8 Å². The van der Waals surface area contributed by atoms with Crippen LogP contribution >= 0.6 is 0 Å². The maximum Gasteiger partial charge on any atom is 0.261 e. The van der Waals surface area contributed by atoms with Gasteiger partial charge in [-0.15, -0.1) is 0 Å². The Balaban J connectivity index is 1.48. The molecule has 1 N–H and O–H groups in total. The van der Waals surface area contributed by atoms with Crippen molar-refractivity contribution < 1.29 is 13.2 Å². The first-order valence-corrected chi connectivity index (χ1v) is 11.9. The summed E-state index contributed by atoms with van der Waals surface area (Å²) >= 11 is 0. The molecule has 0 fully saturated rings. The van der Waals surface area contributed by atoms with Gasteiger partial charge in [0.15, 0.2) is 0 Å². The lowest BCUT2D eigenvalue weighted by Crippen LogP contribution is -2.35. The standard InChI is InChI=1S/C25H23N3O3S/c26-18-20-7-4-6-19(16-20)11-14-25(29)28-15-5-8-21-17-22(12-13-24(21)28)27-32(30,31)23-9-2-1-3-10-23/h1-4,6-7,9-10,12-13,16-17,27H,5,8,11,14-15H2. The SMILES string of the molecule is N#Cc1cccc(CCC(=O)N2CCCc3cc(NS(=O)(=O)c4ccccc4)ccc32)c1. The Kier molecular flexibility index (Phi) is 6.24. The van der Waals surface area contributed by atoms with Crippen molar-refractivity contribution in [3.8, 4) is 6.07 Å². The van der Waals surface area contributed by atoms with E-state index < -0.39 is 10.0 Å². The van der Waals surface area contributed by atoms with Crippen LogP contribution < -0.4 is 9.62 Å². The van der Waals surface area contributed by atoms with Gasteiger partial charge in [-0.05, 0) is 72.9 Å². The van der Waals surface area contributed by atoms with E-state index in [0.717, 1.165) is 29.7 Å². The quantitative estimate of drug-likeness (QED) is 0.613. The number of nitriles is 1. The summed E-state index contributed by atoms with van der Waals surface area (Å²) in [7, 11) is -3.67. The molecule has 0 aromatic heterocycles. The molecule has 6 nitrogen and oxygen atoms in total. The Labute approximate surface area is 188 Å². The van der Waals surface area contributed by atoms with Gasteiger partial charge in [0.05, 0.1) is 16.5 Å². The van der Waals surface area contributed by atoms with E-state index in [1.165, 1.54) is 0 Å². The summed E-state index contributed by atoms with van der Waals surface area (Å²) < 4.78 is 27.9. The Morgan fingerprint density at radius 3 is 2.62 bits per heavy atom. The van der Waals surface area contributed by atoms with Crippen molar-refractivity contribution in [3.63, 3.8) is 0 Å². The average molecular weight is 446 g/mol. The molecule has 162 valence electrons. The normalized spacial score (nSPS) is 13.2. The summed E-state index contributed by atoms with van der Waals surface area (Å²) in [6.45, 7) is 0.638. The highest BCUT2D eigenvalue weighted by molar-refractivity contribution is 7.92. The second-order valence-corrected chi connectivity index (χ2v) is 9.41. The molecular formula is C25H23N3O3S. The Morgan fingerprint density at radius 1 is 1.03 bits per heavy atom. The van der Waals surface area contributed by atoms with E-state index in [9.17, 15) is 13.2 Å². The first-order valence-electron chi connectivity index (χ1n) is 10.5. The van der Waals surface area contributed by atoms with E-state index in [4.69, 9.17) is 5.26 Å². The Bertz CT molecular complexity index is 1280. The van der Waals surface area contributed by atoms with Gasteiger partial charge in [-0.2, -0.15) is 5.26 Å². The number of anilines is 2. The average Bonchev–Trinajstić information content (AvgIpc) is 2.82. The lowest BCUT2D eigenvalue weighted by molar-refractivity contribution is -0.118. The van der Waals surface area contributed by atoms with Gasteiger partial charge in [0.2, 0.25) is 5.91 Å². The van der Waals surface area contributed by atoms with Crippen molar-refractivity contribution in [3.05, 3.63) is 89.5 Å². The molecule has 0 bridgehead atoms. The minimum atomic E-state index is -3.67. The number of rotatable bonds is 6. The number of fused-ring (bicyclic) bond motifs is 1. The van der Waals surface area contributed by atoms with Gasteiger partial charge in [-0.25, -0.2) is 8.42 Å². The maximum absolute atomic E-state index is 12.9. The van der Waals surface area contributed by atoms with Gasteiger partial charge in [0, 0.05) is 24.3 Å². The molecule has 0 aliphatic carbocycles. The van der Waals surface area contributed by atoms with Crippen LogP contribution in [-0.4, -0.2) is 20.9 Å². The fourth-order valence-corrected chi connectivity index (χ4v) is 4.99. The fraction of sp³-hybridized carbons (Fsp3) is 0.200. The number of nitrogens with zero attached hydrogens (tertiary/aromatic N) is 2. The lowest BCUT2D eigenvalue weighted by Gasteiger charge is -2.30. The monoisotopic (exact) mass is 445 g/mol. The van der Waals surface area contributed by atoms with Crippen molar-refractivity contribution in [2.24, 2.45) is 0 Å². The minimum Gasteiger partial charge on any atom is -0.312 e. The number of aryl methyl sites for hydroxylation is 2. The number of hydrogen-bond donors (Lipinski definition) is 1. The summed E-state index contributed by atoms with van der Waals surface area (Å²) in [5, 5.41) is 9.04. The van der Waals surface area contributed by atoms with E-state index >= 15 is 0 Å². The molecule has 1 aliphatic rings. The third kappa shape index (κ3) is 4.82. The number of hydrogen-bond acceptors (Lipinski definition) is 4. The predicted octanol–water partition coefficient (Wildman–Crippen LogP) is 4.27. The topological polar surface area (TPSA) is 90.3 Å². The summed E-state index contributed by atoms with van der Waals surface area (Å²) in [6, 6.07) is 23.0. The second kappa shape index (κ2) is 9.25. The zero-order valence-electron chi connectivity index (χ0n) is 17.5. The molecule has 0 radical (unpaired) electrons.